The maximum Gasteiger partial charge on any atom is 0.127 e. The van der Waals surface area contributed by atoms with E-state index >= 15 is 0 Å². The maximum atomic E-state index is 14.4. The molecule has 1 aliphatic heterocycles. The van der Waals surface area contributed by atoms with Gasteiger partial charge in [0.1, 0.15) is 17.3 Å². The minimum atomic E-state index is -0.667. The van der Waals surface area contributed by atoms with E-state index in [4.69, 9.17) is 9.47 Å². The number of hydrogen-bond donors (Lipinski definition) is 1. The number of hydrogen-bond acceptors (Lipinski definition) is 4. The van der Waals surface area contributed by atoms with Crippen molar-refractivity contribution in [3.63, 3.8) is 0 Å². The van der Waals surface area contributed by atoms with Crippen molar-refractivity contribution in [3.8, 4) is 11.5 Å². The van der Waals surface area contributed by atoms with Crippen LogP contribution in [0.1, 0.15) is 49.3 Å². The molecule has 2 aromatic rings. The van der Waals surface area contributed by atoms with Crippen LogP contribution in [0.3, 0.4) is 0 Å². The van der Waals surface area contributed by atoms with E-state index in [0.717, 1.165) is 55.7 Å². The summed E-state index contributed by atoms with van der Waals surface area (Å²) in [5.41, 5.74) is 1.06. The fourth-order valence-corrected chi connectivity index (χ4v) is 5.24. The molecule has 0 spiro atoms. The van der Waals surface area contributed by atoms with Crippen molar-refractivity contribution < 1.29 is 19.0 Å². The van der Waals surface area contributed by atoms with Gasteiger partial charge in [0, 0.05) is 42.2 Å². The van der Waals surface area contributed by atoms with Gasteiger partial charge in [0.05, 0.1) is 19.8 Å². The van der Waals surface area contributed by atoms with Crippen molar-refractivity contribution in [2.45, 2.75) is 50.3 Å². The summed E-state index contributed by atoms with van der Waals surface area (Å²) in [7, 11) is 3.30. The topological polar surface area (TPSA) is 41.9 Å². The van der Waals surface area contributed by atoms with Crippen LogP contribution in [0, 0.1) is 11.7 Å². The molecule has 1 saturated carbocycles. The molecule has 0 amide bonds. The highest BCUT2D eigenvalue weighted by Gasteiger charge is 2.49. The Labute approximate surface area is 172 Å². The fourth-order valence-electron chi connectivity index (χ4n) is 5.24. The largest absolute Gasteiger partial charge is 0.497 e. The van der Waals surface area contributed by atoms with Gasteiger partial charge in [-0.1, -0.05) is 37.1 Å². The Bertz CT molecular complexity index is 858. The second-order valence-electron chi connectivity index (χ2n) is 8.32. The second kappa shape index (κ2) is 8.33. The first-order valence-corrected chi connectivity index (χ1v) is 10.5. The molecule has 29 heavy (non-hydrogen) atoms. The molecule has 0 radical (unpaired) electrons. The number of aliphatic hydroxyl groups is 1. The van der Waals surface area contributed by atoms with Gasteiger partial charge in [0.15, 0.2) is 0 Å². The lowest BCUT2D eigenvalue weighted by Gasteiger charge is -2.53. The molecule has 0 aromatic heterocycles. The molecular weight excluding hydrogens is 369 g/mol. The minimum Gasteiger partial charge on any atom is -0.497 e. The van der Waals surface area contributed by atoms with Crippen LogP contribution in [0.2, 0.25) is 0 Å². The summed E-state index contributed by atoms with van der Waals surface area (Å²) in [6, 6.07) is 12.8. The van der Waals surface area contributed by atoms with Crippen LogP contribution in [0.15, 0.2) is 42.5 Å². The number of rotatable bonds is 5. The molecule has 1 aliphatic carbocycles. The molecule has 156 valence electrons. The van der Waals surface area contributed by atoms with Crippen molar-refractivity contribution in [1.29, 1.82) is 0 Å². The van der Waals surface area contributed by atoms with Crippen molar-refractivity contribution in [3.05, 3.63) is 59.4 Å². The summed E-state index contributed by atoms with van der Waals surface area (Å²) in [5.74, 6) is 1.40. The molecule has 3 atom stereocenters. The number of methoxy groups -OCH3 is 2. The number of ether oxygens (including phenoxy) is 2. The van der Waals surface area contributed by atoms with Crippen LogP contribution >= 0.6 is 0 Å². The van der Waals surface area contributed by atoms with E-state index in [-0.39, 0.29) is 17.8 Å². The standard InChI is InChI=1S/C24H30FNO3/c1-28-18-10-11-19(22(15-18)29-2)23-20-8-5-6-12-24(20,27)13-14-26(23)16-17-7-3-4-9-21(17)25/h3-4,7,9-11,15,20,23,27H,5-6,8,12-14,16H2,1-2H3/t20-,23-,24-/m1/s1. The summed E-state index contributed by atoms with van der Waals surface area (Å²) in [5, 5.41) is 11.5. The highest BCUT2D eigenvalue weighted by molar-refractivity contribution is 5.43. The van der Waals surface area contributed by atoms with E-state index < -0.39 is 5.60 Å². The predicted molar refractivity (Wildman–Crippen MR) is 111 cm³/mol. The number of piperidine rings is 1. The lowest BCUT2D eigenvalue weighted by Crippen LogP contribution is -2.54. The lowest BCUT2D eigenvalue weighted by atomic mass is 9.66. The Balaban J connectivity index is 1.76. The molecule has 0 bridgehead atoms. The molecule has 2 fully saturated rings. The van der Waals surface area contributed by atoms with Crippen molar-refractivity contribution in [2.75, 3.05) is 20.8 Å². The molecule has 5 heteroatoms. The van der Waals surface area contributed by atoms with Crippen LogP contribution in [-0.4, -0.2) is 36.4 Å². The van der Waals surface area contributed by atoms with Crippen molar-refractivity contribution >= 4 is 0 Å². The predicted octanol–water partition coefficient (Wildman–Crippen LogP) is 4.71. The third-order valence-corrected chi connectivity index (χ3v) is 6.76. The van der Waals surface area contributed by atoms with Crippen LogP contribution in [0.5, 0.6) is 11.5 Å². The minimum absolute atomic E-state index is 0.0329. The number of halogens is 1. The Morgan fingerprint density at radius 1 is 1.10 bits per heavy atom. The highest BCUT2D eigenvalue weighted by Crippen LogP contribution is 2.51. The first kappa shape index (κ1) is 20.2. The molecule has 2 aliphatic rings. The van der Waals surface area contributed by atoms with Gasteiger partial charge in [-0.05, 0) is 31.4 Å². The Kier molecular flexibility index (Phi) is 5.79. The summed E-state index contributed by atoms with van der Waals surface area (Å²) in [6.45, 7) is 1.24. The van der Waals surface area contributed by atoms with Gasteiger partial charge in [-0.25, -0.2) is 4.39 Å². The Hall–Kier alpha value is -2.11. The Morgan fingerprint density at radius 3 is 2.69 bits per heavy atom. The van der Waals surface area contributed by atoms with Gasteiger partial charge in [-0.2, -0.15) is 0 Å². The van der Waals surface area contributed by atoms with Gasteiger partial charge in [0.2, 0.25) is 0 Å². The molecule has 1 heterocycles. The first-order valence-electron chi connectivity index (χ1n) is 10.5. The third-order valence-electron chi connectivity index (χ3n) is 6.76. The van der Waals surface area contributed by atoms with E-state index in [1.54, 1.807) is 20.3 Å². The third kappa shape index (κ3) is 3.86. The zero-order valence-corrected chi connectivity index (χ0v) is 17.2. The van der Waals surface area contributed by atoms with Crippen LogP contribution in [-0.2, 0) is 6.54 Å². The van der Waals surface area contributed by atoms with Crippen molar-refractivity contribution in [2.24, 2.45) is 5.92 Å². The fraction of sp³-hybridized carbons (Fsp3) is 0.500. The zero-order valence-electron chi connectivity index (χ0n) is 17.2. The quantitative estimate of drug-likeness (QED) is 0.791. The van der Waals surface area contributed by atoms with Gasteiger partial charge in [-0.3, -0.25) is 4.90 Å². The molecule has 1 saturated heterocycles. The van der Waals surface area contributed by atoms with E-state index in [1.165, 1.54) is 6.07 Å². The molecular formula is C24H30FNO3. The molecule has 2 aromatic carbocycles. The summed E-state index contributed by atoms with van der Waals surface area (Å²) in [6.07, 6.45) is 4.69. The van der Waals surface area contributed by atoms with Gasteiger partial charge in [0.25, 0.3) is 0 Å². The lowest BCUT2D eigenvalue weighted by molar-refractivity contribution is -0.126. The van der Waals surface area contributed by atoms with Crippen LogP contribution < -0.4 is 9.47 Å². The molecule has 0 unspecified atom stereocenters. The first-order chi connectivity index (χ1) is 14.1. The van der Waals surface area contributed by atoms with Crippen LogP contribution in [0.25, 0.3) is 0 Å². The average molecular weight is 400 g/mol. The summed E-state index contributed by atoms with van der Waals surface area (Å²) >= 11 is 0. The van der Waals surface area contributed by atoms with E-state index in [1.807, 2.05) is 30.3 Å². The number of nitrogens with zero attached hydrogens (tertiary/aromatic N) is 1. The van der Waals surface area contributed by atoms with Gasteiger partial charge in [-0.15, -0.1) is 0 Å². The van der Waals surface area contributed by atoms with Gasteiger partial charge < -0.3 is 14.6 Å². The van der Waals surface area contributed by atoms with E-state index in [9.17, 15) is 9.50 Å². The monoisotopic (exact) mass is 399 g/mol. The maximum absolute atomic E-state index is 14.4. The average Bonchev–Trinajstić information content (AvgIpc) is 2.75. The molecule has 1 N–H and O–H groups in total. The zero-order chi connectivity index (χ0) is 20.4. The Morgan fingerprint density at radius 2 is 1.93 bits per heavy atom. The van der Waals surface area contributed by atoms with E-state index in [0.29, 0.717) is 12.1 Å². The smallest absolute Gasteiger partial charge is 0.127 e. The second-order valence-corrected chi connectivity index (χ2v) is 8.32. The SMILES string of the molecule is COc1ccc([C@@H]2[C@H]3CCCC[C@@]3(O)CCN2Cc2ccccc2F)c(OC)c1. The van der Waals surface area contributed by atoms with E-state index in [2.05, 4.69) is 4.90 Å². The van der Waals surface area contributed by atoms with Gasteiger partial charge >= 0.3 is 0 Å². The number of fused-ring (bicyclic) bond motifs is 1. The van der Waals surface area contributed by atoms with Crippen LogP contribution in [0.4, 0.5) is 4.39 Å². The summed E-state index contributed by atoms with van der Waals surface area (Å²) in [4.78, 5) is 2.31. The number of benzene rings is 2. The normalized spacial score (nSPS) is 27.3. The molecule has 4 nitrogen and oxygen atoms in total. The highest BCUT2D eigenvalue weighted by atomic mass is 19.1. The van der Waals surface area contributed by atoms with Crippen molar-refractivity contribution in [1.82, 2.24) is 4.90 Å². The molecule has 4 rings (SSSR count). The summed E-state index contributed by atoms with van der Waals surface area (Å²) < 4.78 is 25.5. The number of likely N-dealkylation sites (tertiary alicyclic amines) is 1.